The summed E-state index contributed by atoms with van der Waals surface area (Å²) in [6.45, 7) is 7.19. The number of thiazole rings is 1. The lowest BCUT2D eigenvalue weighted by atomic mass is 9.84. The van der Waals surface area contributed by atoms with Crippen molar-refractivity contribution in [2.24, 2.45) is 11.8 Å². The van der Waals surface area contributed by atoms with Gasteiger partial charge >= 0.3 is 6.03 Å². The molecule has 132 valence electrons. The topological polar surface area (TPSA) is 65.5 Å². The van der Waals surface area contributed by atoms with E-state index in [1.807, 2.05) is 23.6 Å². The van der Waals surface area contributed by atoms with Gasteiger partial charge in [-0.05, 0) is 44.9 Å². The number of likely N-dealkylation sites (tertiary alicyclic amines) is 2. The normalized spacial score (nSPS) is 22.0. The van der Waals surface area contributed by atoms with Crippen molar-refractivity contribution < 1.29 is 9.59 Å². The van der Waals surface area contributed by atoms with Crippen LogP contribution in [-0.2, 0) is 0 Å². The number of hydrogen-bond acceptors (Lipinski definition) is 4. The fourth-order valence-electron chi connectivity index (χ4n) is 3.96. The van der Waals surface area contributed by atoms with E-state index in [0.717, 1.165) is 61.0 Å². The van der Waals surface area contributed by atoms with E-state index in [4.69, 9.17) is 0 Å². The van der Waals surface area contributed by atoms with Crippen molar-refractivity contribution >= 4 is 23.3 Å². The highest BCUT2D eigenvalue weighted by Gasteiger charge is 2.35. The molecule has 1 atom stereocenters. The summed E-state index contributed by atoms with van der Waals surface area (Å²) in [4.78, 5) is 33.5. The van der Waals surface area contributed by atoms with Gasteiger partial charge in [-0.1, -0.05) is 0 Å². The number of aromatic nitrogens is 1. The monoisotopic (exact) mass is 350 g/mol. The molecular formula is C17H26N4O2S. The molecule has 0 radical (unpaired) electrons. The van der Waals surface area contributed by atoms with E-state index in [0.29, 0.717) is 11.8 Å². The first-order chi connectivity index (χ1) is 11.5. The molecule has 6 nitrogen and oxygen atoms in total. The molecule has 2 fully saturated rings. The number of amides is 3. The zero-order valence-electron chi connectivity index (χ0n) is 14.7. The Hall–Kier alpha value is -1.63. The lowest BCUT2D eigenvalue weighted by Crippen LogP contribution is -2.44. The third-order valence-corrected chi connectivity index (χ3v) is 6.38. The molecule has 24 heavy (non-hydrogen) atoms. The first kappa shape index (κ1) is 17.2. The minimum atomic E-state index is 0.0210. The summed E-state index contributed by atoms with van der Waals surface area (Å²) >= 11 is 1.50. The molecule has 1 aromatic heterocycles. The van der Waals surface area contributed by atoms with Crippen molar-refractivity contribution in [1.29, 1.82) is 0 Å². The molecule has 3 rings (SSSR count). The maximum Gasteiger partial charge on any atom is 0.317 e. The van der Waals surface area contributed by atoms with Crippen molar-refractivity contribution in [3.05, 3.63) is 15.6 Å². The molecule has 2 saturated heterocycles. The Kier molecular flexibility index (Phi) is 5.08. The molecule has 2 aliphatic heterocycles. The Morgan fingerprint density at radius 2 is 1.71 bits per heavy atom. The van der Waals surface area contributed by atoms with Crippen LogP contribution in [0.15, 0.2) is 0 Å². The quantitative estimate of drug-likeness (QED) is 0.890. The average Bonchev–Trinajstić information content (AvgIpc) is 3.20. The number of hydrogen-bond donors (Lipinski definition) is 1. The molecule has 0 aromatic carbocycles. The number of urea groups is 1. The number of piperidine rings is 1. The smallest absolute Gasteiger partial charge is 0.317 e. The fraction of sp³-hybridized carbons (Fsp3) is 0.706. The number of nitrogens with one attached hydrogen (secondary N) is 1. The largest absolute Gasteiger partial charge is 0.341 e. The molecule has 0 aliphatic carbocycles. The molecule has 3 heterocycles. The van der Waals surface area contributed by atoms with E-state index < -0.39 is 0 Å². The van der Waals surface area contributed by atoms with Crippen LogP contribution in [0.1, 0.15) is 39.6 Å². The summed E-state index contributed by atoms with van der Waals surface area (Å²) in [6, 6.07) is 0.0210. The van der Waals surface area contributed by atoms with Crippen LogP contribution in [0.4, 0.5) is 4.79 Å². The molecule has 0 saturated carbocycles. The predicted octanol–water partition coefficient (Wildman–Crippen LogP) is 2.27. The van der Waals surface area contributed by atoms with Crippen LogP contribution < -0.4 is 5.32 Å². The average molecular weight is 350 g/mol. The van der Waals surface area contributed by atoms with E-state index >= 15 is 0 Å². The second-order valence-corrected chi connectivity index (χ2v) is 8.03. The van der Waals surface area contributed by atoms with Gasteiger partial charge < -0.3 is 15.1 Å². The van der Waals surface area contributed by atoms with Gasteiger partial charge in [0.1, 0.15) is 4.88 Å². The standard InChI is InChI=1S/C17H26N4O2S/c1-11-15(24-12(2)19-11)16(22)21-9-6-14(10-21)13-4-7-20(8-5-13)17(23)18-3/h13-14H,4-10H2,1-3H3,(H,18,23). The number of rotatable bonds is 2. The lowest BCUT2D eigenvalue weighted by molar-refractivity contribution is 0.0780. The number of aryl methyl sites for hydroxylation is 2. The van der Waals surface area contributed by atoms with Crippen molar-refractivity contribution in [3.63, 3.8) is 0 Å². The highest BCUT2D eigenvalue weighted by molar-refractivity contribution is 7.13. The van der Waals surface area contributed by atoms with Crippen LogP contribution in [0.25, 0.3) is 0 Å². The summed E-state index contributed by atoms with van der Waals surface area (Å²) in [5.74, 6) is 1.33. The van der Waals surface area contributed by atoms with Crippen molar-refractivity contribution in [2.75, 3.05) is 33.2 Å². The van der Waals surface area contributed by atoms with Crippen LogP contribution in [-0.4, -0.2) is 59.9 Å². The van der Waals surface area contributed by atoms with E-state index in [1.54, 1.807) is 7.05 Å². The van der Waals surface area contributed by atoms with Crippen LogP contribution in [0.2, 0.25) is 0 Å². The van der Waals surface area contributed by atoms with Crippen molar-refractivity contribution in [2.45, 2.75) is 33.1 Å². The Balaban J connectivity index is 1.55. The molecule has 1 unspecified atom stereocenters. The van der Waals surface area contributed by atoms with Gasteiger partial charge in [-0.2, -0.15) is 0 Å². The van der Waals surface area contributed by atoms with E-state index in [2.05, 4.69) is 10.3 Å². The Bertz CT molecular complexity index is 622. The maximum atomic E-state index is 12.7. The van der Waals surface area contributed by atoms with Crippen molar-refractivity contribution in [1.82, 2.24) is 20.1 Å². The third kappa shape index (κ3) is 3.41. The molecule has 1 N–H and O–H groups in total. The number of carbonyl (C=O) groups is 2. The summed E-state index contributed by atoms with van der Waals surface area (Å²) in [5.41, 5.74) is 0.852. The SMILES string of the molecule is CNC(=O)N1CCC(C2CCN(C(=O)c3sc(C)nc3C)C2)CC1. The van der Waals surface area contributed by atoms with Gasteiger partial charge in [0.25, 0.3) is 5.91 Å². The van der Waals surface area contributed by atoms with Crippen LogP contribution in [0, 0.1) is 25.7 Å². The summed E-state index contributed by atoms with van der Waals surface area (Å²) < 4.78 is 0. The fourth-order valence-corrected chi connectivity index (χ4v) is 4.85. The van der Waals surface area contributed by atoms with Crippen LogP contribution in [0.3, 0.4) is 0 Å². The second kappa shape index (κ2) is 7.09. The predicted molar refractivity (Wildman–Crippen MR) is 94.4 cm³/mol. The summed E-state index contributed by atoms with van der Waals surface area (Å²) in [5, 5.41) is 3.65. The molecular weight excluding hydrogens is 324 g/mol. The zero-order valence-corrected chi connectivity index (χ0v) is 15.5. The van der Waals surface area contributed by atoms with E-state index in [1.165, 1.54) is 11.3 Å². The van der Waals surface area contributed by atoms with E-state index in [9.17, 15) is 9.59 Å². The second-order valence-electron chi connectivity index (χ2n) is 6.83. The van der Waals surface area contributed by atoms with Gasteiger partial charge in [-0.15, -0.1) is 11.3 Å². The maximum absolute atomic E-state index is 12.7. The molecule has 0 bridgehead atoms. The van der Waals surface area contributed by atoms with Gasteiger partial charge in [0.2, 0.25) is 0 Å². The van der Waals surface area contributed by atoms with Gasteiger partial charge in [0.15, 0.2) is 0 Å². The first-order valence-corrected chi connectivity index (χ1v) is 9.51. The Morgan fingerprint density at radius 3 is 2.29 bits per heavy atom. The van der Waals surface area contributed by atoms with Crippen LogP contribution >= 0.6 is 11.3 Å². The highest BCUT2D eigenvalue weighted by Crippen LogP contribution is 2.33. The number of nitrogens with zero attached hydrogens (tertiary/aromatic N) is 3. The first-order valence-electron chi connectivity index (χ1n) is 8.69. The molecule has 3 amide bonds. The van der Waals surface area contributed by atoms with Crippen molar-refractivity contribution in [3.8, 4) is 0 Å². The number of carbonyl (C=O) groups excluding carboxylic acids is 2. The van der Waals surface area contributed by atoms with Gasteiger partial charge in [0.05, 0.1) is 10.7 Å². The molecule has 0 spiro atoms. The Labute approximate surface area is 147 Å². The minimum absolute atomic E-state index is 0.0210. The lowest BCUT2D eigenvalue weighted by Gasteiger charge is -2.34. The summed E-state index contributed by atoms with van der Waals surface area (Å²) in [7, 11) is 1.68. The van der Waals surface area contributed by atoms with Crippen LogP contribution in [0.5, 0.6) is 0 Å². The Morgan fingerprint density at radius 1 is 1.08 bits per heavy atom. The summed E-state index contributed by atoms with van der Waals surface area (Å²) in [6.07, 6.45) is 3.16. The zero-order chi connectivity index (χ0) is 17.3. The minimum Gasteiger partial charge on any atom is -0.341 e. The molecule has 7 heteroatoms. The molecule has 2 aliphatic rings. The highest BCUT2D eigenvalue weighted by atomic mass is 32.1. The third-order valence-electron chi connectivity index (χ3n) is 5.32. The van der Waals surface area contributed by atoms with E-state index in [-0.39, 0.29) is 11.9 Å². The van der Waals surface area contributed by atoms with Gasteiger partial charge in [-0.25, -0.2) is 9.78 Å². The van der Waals surface area contributed by atoms with Gasteiger partial charge in [0, 0.05) is 33.2 Å². The molecule has 1 aromatic rings. The van der Waals surface area contributed by atoms with Gasteiger partial charge in [-0.3, -0.25) is 4.79 Å².